The molecule has 6 aromatic rings. The number of benzene rings is 3. The predicted octanol–water partition coefficient (Wildman–Crippen LogP) is 5.67. The number of nitrogens with zero attached hydrogens (tertiary/aromatic N) is 3. The second-order valence-electron chi connectivity index (χ2n) is 7.32. The van der Waals surface area contributed by atoms with Crippen LogP contribution in [0.25, 0.3) is 53.8 Å². The van der Waals surface area contributed by atoms with Crippen molar-refractivity contribution in [3.05, 3.63) is 77.8 Å². The lowest BCUT2D eigenvalue weighted by Gasteiger charge is -2.12. The fraction of sp³-hybridized carbons (Fsp3) is 0.0833. The Morgan fingerprint density at radius 3 is 2.67 bits per heavy atom. The molecule has 0 saturated heterocycles. The zero-order valence-corrected chi connectivity index (χ0v) is 15.1. The molecule has 0 spiro atoms. The number of pyridine rings is 2. The highest BCUT2D eigenvalue weighted by molar-refractivity contribution is 6.25. The maximum absolute atomic E-state index is 7.41. The third-order valence-electron chi connectivity index (χ3n) is 5.87. The van der Waals surface area contributed by atoms with Crippen LogP contribution in [0.15, 0.2) is 60.8 Å². The van der Waals surface area contributed by atoms with Gasteiger partial charge in [0.2, 0.25) is 5.52 Å². The largest absolute Gasteiger partial charge is 0.303 e. The van der Waals surface area contributed by atoms with E-state index < -0.39 is 0 Å². The molecule has 0 fully saturated rings. The summed E-state index contributed by atoms with van der Waals surface area (Å²) in [6, 6.07) is 19.2. The van der Waals surface area contributed by atoms with E-state index in [9.17, 15) is 0 Å². The molecule has 0 aliphatic carbocycles. The van der Waals surface area contributed by atoms with E-state index in [1.165, 1.54) is 43.7 Å². The third-order valence-corrected chi connectivity index (χ3v) is 5.87. The van der Waals surface area contributed by atoms with Gasteiger partial charge in [-0.15, -0.1) is 0 Å². The van der Waals surface area contributed by atoms with Crippen LogP contribution in [0.4, 0.5) is 5.69 Å². The Labute approximate surface area is 155 Å². The van der Waals surface area contributed by atoms with Crippen molar-refractivity contribution in [1.82, 2.24) is 4.40 Å². The second-order valence-corrected chi connectivity index (χ2v) is 7.32. The smallest absolute Gasteiger partial charge is 0.238 e. The van der Waals surface area contributed by atoms with Crippen molar-refractivity contribution < 1.29 is 4.57 Å². The van der Waals surface area contributed by atoms with Gasteiger partial charge in [-0.1, -0.05) is 30.3 Å². The number of aromatic nitrogens is 2. The Morgan fingerprint density at radius 1 is 0.926 bits per heavy atom. The zero-order chi connectivity index (χ0) is 18.3. The van der Waals surface area contributed by atoms with Crippen LogP contribution in [0.3, 0.4) is 0 Å². The molecule has 3 nitrogen and oxygen atoms in total. The zero-order valence-electron chi connectivity index (χ0n) is 15.1. The minimum Gasteiger partial charge on any atom is -0.303 e. The summed E-state index contributed by atoms with van der Waals surface area (Å²) in [6.07, 6.45) is 2.14. The highest BCUT2D eigenvalue weighted by atomic mass is 15.0. The van der Waals surface area contributed by atoms with E-state index in [-0.39, 0.29) is 0 Å². The van der Waals surface area contributed by atoms with Crippen LogP contribution >= 0.6 is 0 Å². The lowest BCUT2D eigenvalue weighted by atomic mass is 9.98. The molecular weight excluding hydrogens is 330 g/mol. The minimum absolute atomic E-state index is 0.683. The average Bonchev–Trinajstić information content (AvgIpc) is 3.02. The molecule has 0 bridgehead atoms. The first kappa shape index (κ1) is 14.5. The molecule has 0 atom stereocenters. The number of hydrogen-bond acceptors (Lipinski definition) is 0. The monoisotopic (exact) mass is 346 g/mol. The van der Waals surface area contributed by atoms with Gasteiger partial charge in [-0.2, -0.15) is 4.57 Å². The molecule has 126 valence electrons. The van der Waals surface area contributed by atoms with Gasteiger partial charge in [0.15, 0.2) is 11.9 Å². The van der Waals surface area contributed by atoms with Crippen LogP contribution in [0.2, 0.25) is 0 Å². The maximum Gasteiger partial charge on any atom is 0.238 e. The second kappa shape index (κ2) is 4.75. The Balaban J connectivity index is 2.11. The summed E-state index contributed by atoms with van der Waals surface area (Å²) in [5.41, 5.74) is 6.82. The maximum atomic E-state index is 7.41. The van der Waals surface area contributed by atoms with Crippen LogP contribution in [0.5, 0.6) is 0 Å². The molecule has 3 heteroatoms. The van der Waals surface area contributed by atoms with Gasteiger partial charge < -0.3 is 4.40 Å². The Bertz CT molecular complexity index is 1600. The summed E-state index contributed by atoms with van der Waals surface area (Å²) in [4.78, 5) is 3.65. The number of aryl methyl sites for hydroxylation is 2. The fourth-order valence-corrected chi connectivity index (χ4v) is 4.70. The van der Waals surface area contributed by atoms with Crippen LogP contribution in [0, 0.1) is 13.5 Å². The lowest BCUT2D eigenvalue weighted by molar-refractivity contribution is -0.644. The molecule has 0 saturated carbocycles. The SMILES string of the molecule is [C-]#[N+]c1ccc2c(c1)c1cc[n+](C)c3c4c(C)ccc5cccc(c54)n2c13. The number of fused-ring (bicyclic) bond motifs is 5. The van der Waals surface area contributed by atoms with Gasteiger partial charge in [0.25, 0.3) is 0 Å². The molecule has 3 aromatic carbocycles. The first-order valence-electron chi connectivity index (χ1n) is 9.06. The van der Waals surface area contributed by atoms with Gasteiger partial charge in [0.05, 0.1) is 23.0 Å². The van der Waals surface area contributed by atoms with Gasteiger partial charge >= 0.3 is 0 Å². The molecular formula is C24H16N3+. The molecule has 27 heavy (non-hydrogen) atoms. The highest BCUT2D eigenvalue weighted by Gasteiger charge is 2.23. The Hall–Kier alpha value is -3.64. The fourth-order valence-electron chi connectivity index (χ4n) is 4.70. The van der Waals surface area contributed by atoms with Gasteiger partial charge in [-0.05, 0) is 41.5 Å². The molecule has 3 aromatic heterocycles. The molecule has 0 aliphatic rings. The van der Waals surface area contributed by atoms with Crippen molar-refractivity contribution in [1.29, 1.82) is 0 Å². The van der Waals surface area contributed by atoms with Gasteiger partial charge in [0, 0.05) is 16.8 Å². The molecule has 6 rings (SSSR count). The summed E-state index contributed by atoms with van der Waals surface area (Å²) in [5.74, 6) is 0. The van der Waals surface area contributed by atoms with Crippen molar-refractivity contribution in [3.8, 4) is 0 Å². The summed E-state index contributed by atoms with van der Waals surface area (Å²) in [5, 5.41) is 6.23. The first-order chi connectivity index (χ1) is 13.2. The van der Waals surface area contributed by atoms with Gasteiger partial charge in [-0.3, -0.25) is 0 Å². The van der Waals surface area contributed by atoms with Crippen molar-refractivity contribution in [2.75, 3.05) is 0 Å². The van der Waals surface area contributed by atoms with E-state index in [4.69, 9.17) is 6.57 Å². The molecule has 3 heterocycles. The Kier molecular flexibility index (Phi) is 2.55. The molecule has 0 N–H and O–H groups in total. The summed E-state index contributed by atoms with van der Waals surface area (Å²) >= 11 is 0. The summed E-state index contributed by atoms with van der Waals surface area (Å²) < 4.78 is 4.60. The first-order valence-corrected chi connectivity index (χ1v) is 9.06. The minimum atomic E-state index is 0.683. The predicted molar refractivity (Wildman–Crippen MR) is 111 cm³/mol. The Morgan fingerprint density at radius 2 is 1.81 bits per heavy atom. The van der Waals surface area contributed by atoms with Crippen molar-refractivity contribution in [3.63, 3.8) is 0 Å². The van der Waals surface area contributed by atoms with Gasteiger partial charge in [0.1, 0.15) is 12.6 Å². The molecule has 0 aliphatic heterocycles. The number of rotatable bonds is 0. The molecule has 0 unspecified atom stereocenters. The summed E-state index contributed by atoms with van der Waals surface area (Å²) in [7, 11) is 2.12. The van der Waals surface area contributed by atoms with Crippen LogP contribution in [0.1, 0.15) is 5.56 Å². The van der Waals surface area contributed by atoms with E-state index in [0.717, 1.165) is 10.9 Å². The van der Waals surface area contributed by atoms with E-state index in [2.05, 4.69) is 76.4 Å². The van der Waals surface area contributed by atoms with E-state index in [1.807, 2.05) is 12.1 Å². The number of hydrogen-bond donors (Lipinski definition) is 0. The van der Waals surface area contributed by atoms with E-state index in [1.54, 1.807) is 0 Å². The van der Waals surface area contributed by atoms with E-state index in [0.29, 0.717) is 5.69 Å². The van der Waals surface area contributed by atoms with Crippen LogP contribution in [-0.2, 0) is 7.05 Å². The van der Waals surface area contributed by atoms with Crippen LogP contribution in [-0.4, -0.2) is 4.40 Å². The van der Waals surface area contributed by atoms with Gasteiger partial charge in [-0.25, -0.2) is 4.85 Å². The van der Waals surface area contributed by atoms with E-state index >= 15 is 0 Å². The quantitative estimate of drug-likeness (QED) is 0.145. The summed E-state index contributed by atoms with van der Waals surface area (Å²) in [6.45, 7) is 9.60. The lowest BCUT2D eigenvalue weighted by Crippen LogP contribution is -2.28. The normalized spacial score (nSPS) is 12.0. The van der Waals surface area contributed by atoms with Crippen molar-refractivity contribution in [2.45, 2.75) is 6.92 Å². The topological polar surface area (TPSA) is 12.7 Å². The molecule has 0 radical (unpaired) electrons. The van der Waals surface area contributed by atoms with Crippen molar-refractivity contribution >= 4 is 54.7 Å². The van der Waals surface area contributed by atoms with Crippen LogP contribution < -0.4 is 4.57 Å². The average molecular weight is 346 g/mol. The van der Waals surface area contributed by atoms with Crippen molar-refractivity contribution in [2.24, 2.45) is 7.05 Å². The standard InChI is InChI=1S/C24H16N3/c1-14-7-8-15-5-4-6-20-22(15)21(14)24-23-17(11-12-26(24)3)18-13-16(25-2)9-10-19(18)27(20)23/h4-13H,1,3H3/q+1. The third kappa shape index (κ3) is 1.63. The molecule has 0 amide bonds. The highest BCUT2D eigenvalue weighted by Crippen LogP contribution is 2.40.